The van der Waals surface area contributed by atoms with Crippen molar-refractivity contribution in [2.75, 3.05) is 32.7 Å². The molecule has 1 aliphatic rings. The van der Waals surface area contributed by atoms with E-state index < -0.39 is 5.60 Å². The van der Waals surface area contributed by atoms with Crippen molar-refractivity contribution in [2.24, 2.45) is 0 Å². The third-order valence-electron chi connectivity index (χ3n) is 2.97. The maximum absolute atomic E-state index is 9.77. The Morgan fingerprint density at radius 3 is 2.47 bits per heavy atom. The summed E-state index contributed by atoms with van der Waals surface area (Å²) in [6.07, 6.45) is 3.46. The van der Waals surface area contributed by atoms with Gasteiger partial charge in [-0.2, -0.15) is 0 Å². The highest BCUT2D eigenvalue weighted by Crippen LogP contribution is 2.11. The fraction of sp³-hybridized carbons (Fsp3) is 0.750. The number of rotatable bonds is 4. The molecule has 0 aromatic carbocycles. The highest BCUT2D eigenvalue weighted by atomic mass is 16.5. The van der Waals surface area contributed by atoms with Gasteiger partial charge in [-0.15, -0.1) is 0 Å². The predicted octanol–water partition coefficient (Wildman–Crippen LogP) is 0.563. The van der Waals surface area contributed by atoms with Gasteiger partial charge >= 0.3 is 0 Å². The number of nitrogens with zero attached hydrogens (tertiary/aromatic N) is 3. The zero-order valence-corrected chi connectivity index (χ0v) is 10.6. The molecular weight excluding hydrogens is 218 g/mol. The highest BCUT2D eigenvalue weighted by molar-refractivity contribution is 5.00. The molecule has 0 radical (unpaired) electrons. The van der Waals surface area contributed by atoms with Crippen LogP contribution in [0.15, 0.2) is 17.0 Å². The van der Waals surface area contributed by atoms with Crippen LogP contribution in [-0.2, 0) is 6.54 Å². The van der Waals surface area contributed by atoms with Crippen molar-refractivity contribution in [2.45, 2.75) is 26.0 Å². The lowest BCUT2D eigenvalue weighted by Crippen LogP contribution is -2.50. The van der Waals surface area contributed by atoms with Crippen molar-refractivity contribution in [3.05, 3.63) is 18.0 Å². The molecule has 1 saturated heterocycles. The summed E-state index contributed by atoms with van der Waals surface area (Å²) in [5.74, 6) is 0. The van der Waals surface area contributed by atoms with Crippen LogP contribution in [0.4, 0.5) is 0 Å². The van der Waals surface area contributed by atoms with Crippen LogP contribution in [0.5, 0.6) is 0 Å². The standard InChI is InChI=1S/C12H21N3O2/c1-12(2,16)10-15-5-3-14(4-6-15)8-11-7-13-17-9-11/h7,9,16H,3-6,8,10H2,1-2H3. The smallest absolute Gasteiger partial charge is 0.128 e. The molecule has 0 amide bonds. The fourth-order valence-electron chi connectivity index (χ4n) is 2.22. The summed E-state index contributed by atoms with van der Waals surface area (Å²) in [5, 5.41) is 13.5. The Kier molecular flexibility index (Phi) is 3.81. The topological polar surface area (TPSA) is 52.7 Å². The van der Waals surface area contributed by atoms with E-state index in [2.05, 4.69) is 15.0 Å². The monoisotopic (exact) mass is 239 g/mol. The lowest BCUT2D eigenvalue weighted by molar-refractivity contribution is 0.0166. The van der Waals surface area contributed by atoms with Crippen molar-refractivity contribution in [3.63, 3.8) is 0 Å². The molecule has 1 N–H and O–H groups in total. The molecule has 0 saturated carbocycles. The summed E-state index contributed by atoms with van der Waals surface area (Å²) < 4.78 is 4.82. The molecule has 2 heterocycles. The van der Waals surface area contributed by atoms with E-state index in [0.29, 0.717) is 0 Å². The number of aliphatic hydroxyl groups is 1. The average molecular weight is 239 g/mol. The van der Waals surface area contributed by atoms with Gasteiger partial charge in [0, 0.05) is 44.8 Å². The molecule has 0 spiro atoms. The molecule has 96 valence electrons. The molecule has 0 bridgehead atoms. The summed E-state index contributed by atoms with van der Waals surface area (Å²) in [7, 11) is 0. The second kappa shape index (κ2) is 5.16. The Balaban J connectivity index is 1.74. The minimum atomic E-state index is -0.601. The van der Waals surface area contributed by atoms with E-state index in [4.69, 9.17) is 4.52 Å². The second-order valence-corrected chi connectivity index (χ2v) is 5.40. The molecule has 5 nitrogen and oxygen atoms in total. The van der Waals surface area contributed by atoms with Gasteiger partial charge in [0.15, 0.2) is 0 Å². The number of piperazine rings is 1. The van der Waals surface area contributed by atoms with Crippen LogP contribution < -0.4 is 0 Å². The molecule has 5 heteroatoms. The van der Waals surface area contributed by atoms with Crippen molar-refractivity contribution < 1.29 is 9.63 Å². The summed E-state index contributed by atoms with van der Waals surface area (Å²) >= 11 is 0. The second-order valence-electron chi connectivity index (χ2n) is 5.40. The quantitative estimate of drug-likeness (QED) is 0.832. The van der Waals surface area contributed by atoms with Gasteiger partial charge < -0.3 is 9.63 Å². The largest absolute Gasteiger partial charge is 0.389 e. The van der Waals surface area contributed by atoms with Gasteiger partial charge in [-0.25, -0.2) is 0 Å². The third-order valence-corrected chi connectivity index (χ3v) is 2.97. The Hall–Kier alpha value is -0.910. The summed E-state index contributed by atoms with van der Waals surface area (Å²) in [5.41, 5.74) is 0.525. The molecule has 0 aliphatic carbocycles. The highest BCUT2D eigenvalue weighted by Gasteiger charge is 2.22. The lowest BCUT2D eigenvalue weighted by atomic mass is 10.1. The molecule has 0 unspecified atom stereocenters. The van der Waals surface area contributed by atoms with E-state index in [1.165, 1.54) is 0 Å². The number of hydrogen-bond donors (Lipinski definition) is 1. The zero-order valence-electron chi connectivity index (χ0n) is 10.6. The van der Waals surface area contributed by atoms with E-state index in [1.807, 2.05) is 13.8 Å². The Labute approximate surface area is 102 Å². The van der Waals surface area contributed by atoms with Crippen molar-refractivity contribution >= 4 is 0 Å². The number of aromatic nitrogens is 1. The first-order valence-corrected chi connectivity index (χ1v) is 6.08. The van der Waals surface area contributed by atoms with Crippen LogP contribution in [0, 0.1) is 0 Å². The zero-order chi connectivity index (χ0) is 12.3. The van der Waals surface area contributed by atoms with E-state index in [0.717, 1.165) is 44.8 Å². The van der Waals surface area contributed by atoms with Crippen molar-refractivity contribution in [1.82, 2.24) is 15.0 Å². The van der Waals surface area contributed by atoms with Crippen LogP contribution in [-0.4, -0.2) is 58.4 Å². The number of hydrogen-bond acceptors (Lipinski definition) is 5. The van der Waals surface area contributed by atoms with Crippen LogP contribution >= 0.6 is 0 Å². The minimum absolute atomic E-state index is 0.601. The lowest BCUT2D eigenvalue weighted by Gasteiger charge is -2.37. The third kappa shape index (κ3) is 4.11. The van der Waals surface area contributed by atoms with Gasteiger partial charge in [-0.1, -0.05) is 5.16 Å². The Morgan fingerprint density at radius 2 is 1.94 bits per heavy atom. The van der Waals surface area contributed by atoms with Gasteiger partial charge in [0.2, 0.25) is 0 Å². The Morgan fingerprint density at radius 1 is 1.29 bits per heavy atom. The van der Waals surface area contributed by atoms with Gasteiger partial charge in [-0.3, -0.25) is 9.80 Å². The minimum Gasteiger partial charge on any atom is -0.389 e. The van der Waals surface area contributed by atoms with E-state index in [9.17, 15) is 5.11 Å². The van der Waals surface area contributed by atoms with E-state index in [1.54, 1.807) is 12.5 Å². The first kappa shape index (κ1) is 12.5. The molecule has 1 aliphatic heterocycles. The summed E-state index contributed by atoms with van der Waals surface area (Å²) in [6.45, 7) is 9.44. The summed E-state index contributed by atoms with van der Waals surface area (Å²) in [6, 6.07) is 0. The van der Waals surface area contributed by atoms with Crippen LogP contribution in [0.25, 0.3) is 0 Å². The fourth-order valence-corrected chi connectivity index (χ4v) is 2.22. The molecule has 2 rings (SSSR count). The van der Waals surface area contributed by atoms with Crippen LogP contribution in [0.1, 0.15) is 19.4 Å². The van der Waals surface area contributed by atoms with Gasteiger partial charge in [0.05, 0.1) is 11.8 Å². The first-order valence-electron chi connectivity index (χ1n) is 6.08. The van der Waals surface area contributed by atoms with Crippen LogP contribution in [0.2, 0.25) is 0 Å². The normalized spacial score (nSPS) is 19.7. The van der Waals surface area contributed by atoms with Crippen LogP contribution in [0.3, 0.4) is 0 Å². The first-order chi connectivity index (χ1) is 8.03. The van der Waals surface area contributed by atoms with Crippen molar-refractivity contribution in [1.29, 1.82) is 0 Å². The molecule has 1 aromatic heterocycles. The van der Waals surface area contributed by atoms with Gasteiger partial charge in [0.25, 0.3) is 0 Å². The molecular formula is C12H21N3O2. The molecule has 0 atom stereocenters. The maximum atomic E-state index is 9.77. The molecule has 17 heavy (non-hydrogen) atoms. The SMILES string of the molecule is CC(C)(O)CN1CCN(Cc2cnoc2)CC1. The van der Waals surface area contributed by atoms with Gasteiger partial charge in [-0.05, 0) is 13.8 Å². The Bertz CT molecular complexity index is 324. The molecule has 1 aromatic rings. The average Bonchev–Trinajstić information content (AvgIpc) is 2.71. The molecule has 1 fully saturated rings. The summed E-state index contributed by atoms with van der Waals surface area (Å²) in [4.78, 5) is 4.69. The van der Waals surface area contributed by atoms with E-state index >= 15 is 0 Å². The van der Waals surface area contributed by atoms with E-state index in [-0.39, 0.29) is 0 Å². The predicted molar refractivity (Wildman–Crippen MR) is 64.5 cm³/mol. The van der Waals surface area contributed by atoms with Crippen molar-refractivity contribution in [3.8, 4) is 0 Å². The maximum Gasteiger partial charge on any atom is 0.128 e. The number of β-amino-alcohol motifs (C(OH)–C–C–N with tert-alkyl or cyclic N) is 1. The van der Waals surface area contributed by atoms with Gasteiger partial charge in [0.1, 0.15) is 6.26 Å².